The molecule has 0 radical (unpaired) electrons. The molecule has 3 rings (SSSR count). The molecule has 2 heterocycles. The summed E-state index contributed by atoms with van der Waals surface area (Å²) in [6.07, 6.45) is -2.36. The summed E-state index contributed by atoms with van der Waals surface area (Å²) in [7, 11) is 0. The maximum atomic E-state index is 12.8. The van der Waals surface area contributed by atoms with Gasteiger partial charge in [0.25, 0.3) is 5.56 Å². The van der Waals surface area contributed by atoms with Gasteiger partial charge in [-0.25, -0.2) is 9.36 Å². The molecule has 0 bridgehead atoms. The maximum Gasteiger partial charge on any atom is 0.418 e. The number of hydrogen-bond donors (Lipinski definition) is 1. The van der Waals surface area contributed by atoms with Crippen LogP contribution in [0.3, 0.4) is 0 Å². The van der Waals surface area contributed by atoms with Crippen LogP contribution in [-0.2, 0) is 6.54 Å². The van der Waals surface area contributed by atoms with Gasteiger partial charge in [0.15, 0.2) is 5.60 Å². The predicted octanol–water partition coefficient (Wildman–Crippen LogP) is 1.90. The van der Waals surface area contributed by atoms with Gasteiger partial charge < -0.3 is 5.11 Å². The largest absolute Gasteiger partial charge is 0.418 e. The molecule has 2 aromatic heterocycles. The van der Waals surface area contributed by atoms with E-state index in [1.165, 1.54) is 17.1 Å². The highest BCUT2D eigenvalue weighted by Gasteiger charge is 2.50. The van der Waals surface area contributed by atoms with Crippen molar-refractivity contribution in [2.45, 2.75) is 25.2 Å². The van der Waals surface area contributed by atoms with Gasteiger partial charge in [-0.3, -0.25) is 4.79 Å². The molecule has 0 aliphatic rings. The maximum absolute atomic E-state index is 12.8. The second kappa shape index (κ2) is 5.45. The average Bonchev–Trinajstić information content (AvgIpc) is 2.94. The van der Waals surface area contributed by atoms with E-state index in [0.29, 0.717) is 22.8 Å². The molecular formula is C15H13F3N4O2. The third-order valence-electron chi connectivity index (χ3n) is 3.66. The summed E-state index contributed by atoms with van der Waals surface area (Å²) >= 11 is 0. The first-order chi connectivity index (χ1) is 11.2. The monoisotopic (exact) mass is 338 g/mol. The van der Waals surface area contributed by atoms with Crippen LogP contribution in [0.5, 0.6) is 0 Å². The smallest absolute Gasteiger partial charge is 0.379 e. The van der Waals surface area contributed by atoms with Crippen LogP contribution in [0.15, 0.2) is 47.5 Å². The Bertz CT molecular complexity index is 929. The molecule has 126 valence electrons. The van der Waals surface area contributed by atoms with Crippen LogP contribution in [0.1, 0.15) is 6.92 Å². The number of fused-ring (bicyclic) bond motifs is 1. The van der Waals surface area contributed by atoms with Gasteiger partial charge in [-0.1, -0.05) is 18.2 Å². The molecule has 1 aromatic carbocycles. The van der Waals surface area contributed by atoms with Gasteiger partial charge in [0, 0.05) is 0 Å². The van der Waals surface area contributed by atoms with Gasteiger partial charge >= 0.3 is 6.18 Å². The molecule has 0 spiro atoms. The summed E-state index contributed by atoms with van der Waals surface area (Å²) in [5, 5.41) is 17.5. The van der Waals surface area contributed by atoms with Crippen molar-refractivity contribution < 1.29 is 18.3 Å². The lowest BCUT2D eigenvalue weighted by Crippen LogP contribution is -2.48. The van der Waals surface area contributed by atoms with Gasteiger partial charge in [0.05, 0.1) is 35.5 Å². The molecule has 24 heavy (non-hydrogen) atoms. The molecule has 1 atom stereocenters. The van der Waals surface area contributed by atoms with Gasteiger partial charge in [-0.05, 0) is 19.1 Å². The fourth-order valence-electron chi connectivity index (χ4n) is 2.23. The third-order valence-corrected chi connectivity index (χ3v) is 3.66. The van der Waals surface area contributed by atoms with Crippen LogP contribution in [-0.4, -0.2) is 36.4 Å². The topological polar surface area (TPSA) is 72.9 Å². The van der Waals surface area contributed by atoms with E-state index in [9.17, 15) is 23.1 Å². The first-order valence-corrected chi connectivity index (χ1v) is 6.99. The van der Waals surface area contributed by atoms with Crippen molar-refractivity contribution in [3.63, 3.8) is 0 Å². The number of hydrogen-bond acceptors (Lipinski definition) is 4. The van der Waals surface area contributed by atoms with E-state index in [2.05, 4.69) is 10.2 Å². The predicted molar refractivity (Wildman–Crippen MR) is 79.8 cm³/mol. The minimum absolute atomic E-state index is 0.117. The van der Waals surface area contributed by atoms with Crippen molar-refractivity contribution >= 4 is 10.9 Å². The van der Waals surface area contributed by atoms with Crippen molar-refractivity contribution in [1.29, 1.82) is 0 Å². The number of halogens is 3. The van der Waals surface area contributed by atoms with Gasteiger partial charge in [0.2, 0.25) is 0 Å². The lowest BCUT2D eigenvalue weighted by molar-refractivity contribution is -0.258. The Balaban J connectivity index is 2.07. The second-order valence-electron chi connectivity index (χ2n) is 5.57. The third kappa shape index (κ3) is 2.67. The van der Waals surface area contributed by atoms with E-state index >= 15 is 0 Å². The first-order valence-electron chi connectivity index (χ1n) is 6.99. The zero-order chi connectivity index (χ0) is 17.5. The quantitative estimate of drug-likeness (QED) is 0.792. The van der Waals surface area contributed by atoms with E-state index in [-0.39, 0.29) is 5.39 Å². The number of aliphatic hydroxyl groups is 1. The van der Waals surface area contributed by atoms with Crippen molar-refractivity contribution in [1.82, 2.24) is 19.6 Å². The molecule has 0 fully saturated rings. The minimum atomic E-state index is -4.88. The van der Waals surface area contributed by atoms with Crippen LogP contribution >= 0.6 is 0 Å². The summed E-state index contributed by atoms with van der Waals surface area (Å²) in [5.41, 5.74) is -2.76. The zero-order valence-electron chi connectivity index (χ0n) is 12.5. The van der Waals surface area contributed by atoms with Gasteiger partial charge in [-0.15, -0.1) is 0 Å². The fourth-order valence-corrected chi connectivity index (χ4v) is 2.23. The molecule has 6 nitrogen and oxygen atoms in total. The Labute approximate surface area is 133 Å². The lowest BCUT2D eigenvalue weighted by Gasteiger charge is -2.26. The SMILES string of the molecule is CC(O)(Cn1ncc2c(cnn2-c2ccccc2)c1=O)C(F)(F)F. The second-order valence-corrected chi connectivity index (χ2v) is 5.57. The van der Waals surface area contributed by atoms with Gasteiger partial charge in [-0.2, -0.15) is 23.4 Å². The Kier molecular flexibility index (Phi) is 3.67. The molecule has 0 aliphatic carbocycles. The Morgan fingerprint density at radius 2 is 1.79 bits per heavy atom. The Morgan fingerprint density at radius 1 is 1.12 bits per heavy atom. The van der Waals surface area contributed by atoms with Crippen LogP contribution in [0.25, 0.3) is 16.6 Å². The summed E-state index contributed by atoms with van der Waals surface area (Å²) in [6.45, 7) is -0.402. The highest BCUT2D eigenvalue weighted by atomic mass is 19.4. The number of aromatic nitrogens is 4. The number of para-hydroxylation sites is 1. The van der Waals surface area contributed by atoms with Crippen LogP contribution in [0, 0.1) is 0 Å². The van der Waals surface area contributed by atoms with Crippen molar-refractivity contribution in [3.05, 3.63) is 53.1 Å². The molecule has 3 aromatic rings. The highest BCUT2D eigenvalue weighted by Crippen LogP contribution is 2.30. The van der Waals surface area contributed by atoms with E-state index in [0.717, 1.165) is 0 Å². The lowest BCUT2D eigenvalue weighted by atomic mass is 10.1. The van der Waals surface area contributed by atoms with Crippen LogP contribution in [0.4, 0.5) is 13.2 Å². The van der Waals surface area contributed by atoms with Crippen molar-refractivity contribution in [2.24, 2.45) is 0 Å². The standard InChI is InChI=1S/C15H13F3N4O2/c1-14(24,15(16,17)18)9-21-13(23)11-7-20-22(12(11)8-19-21)10-5-3-2-4-6-10/h2-8,24H,9H2,1H3. The van der Waals surface area contributed by atoms with Gasteiger partial charge in [0.1, 0.15) is 0 Å². The molecule has 0 amide bonds. The molecule has 0 saturated carbocycles. The zero-order valence-corrected chi connectivity index (χ0v) is 12.5. The number of benzene rings is 1. The van der Waals surface area contributed by atoms with Crippen molar-refractivity contribution in [3.8, 4) is 5.69 Å². The fraction of sp³-hybridized carbons (Fsp3) is 0.267. The number of nitrogens with zero attached hydrogens (tertiary/aromatic N) is 4. The van der Waals surface area contributed by atoms with E-state index in [1.54, 1.807) is 24.3 Å². The molecule has 9 heteroatoms. The first kappa shape index (κ1) is 16.2. The van der Waals surface area contributed by atoms with Crippen molar-refractivity contribution in [2.75, 3.05) is 0 Å². The number of alkyl halides is 3. The summed E-state index contributed by atoms with van der Waals surface area (Å²) < 4.78 is 40.4. The molecule has 1 N–H and O–H groups in total. The Morgan fingerprint density at radius 3 is 2.42 bits per heavy atom. The Hall–Kier alpha value is -2.68. The van der Waals surface area contributed by atoms with E-state index in [1.807, 2.05) is 6.07 Å². The summed E-state index contributed by atoms with van der Waals surface area (Å²) in [4.78, 5) is 12.3. The van der Waals surface area contributed by atoms with E-state index in [4.69, 9.17) is 0 Å². The van der Waals surface area contributed by atoms with Crippen LogP contribution in [0.2, 0.25) is 0 Å². The van der Waals surface area contributed by atoms with E-state index < -0.39 is 23.9 Å². The average molecular weight is 338 g/mol. The number of rotatable bonds is 3. The minimum Gasteiger partial charge on any atom is -0.379 e. The summed E-state index contributed by atoms with van der Waals surface area (Å²) in [6, 6.07) is 8.94. The molecule has 1 unspecified atom stereocenters. The highest BCUT2D eigenvalue weighted by molar-refractivity contribution is 5.78. The van der Waals surface area contributed by atoms with Crippen LogP contribution < -0.4 is 5.56 Å². The molecule has 0 aliphatic heterocycles. The molecular weight excluding hydrogens is 325 g/mol. The molecule has 0 saturated heterocycles. The normalized spacial score (nSPS) is 14.7. The summed E-state index contributed by atoms with van der Waals surface area (Å²) in [5.74, 6) is 0.